The topological polar surface area (TPSA) is 81.9 Å². The molecule has 0 unspecified atom stereocenters. The van der Waals surface area contributed by atoms with Crippen LogP contribution in [0.2, 0.25) is 0 Å². The summed E-state index contributed by atoms with van der Waals surface area (Å²) in [4.78, 5) is 11.9. The van der Waals surface area contributed by atoms with Crippen LogP contribution in [0.1, 0.15) is 15.9 Å². The van der Waals surface area contributed by atoms with Gasteiger partial charge in [-0.15, -0.1) is 0 Å². The quantitative estimate of drug-likeness (QED) is 0.445. The maximum Gasteiger partial charge on any atom is 0.271 e. The molecule has 0 saturated heterocycles. The van der Waals surface area contributed by atoms with Crippen molar-refractivity contribution < 1.29 is 15.0 Å². The zero-order valence-electron chi connectivity index (χ0n) is 10.8. The second-order valence-corrected chi connectivity index (χ2v) is 6.73. The highest BCUT2D eigenvalue weighted by molar-refractivity contribution is 9.11. The van der Waals surface area contributed by atoms with Gasteiger partial charge in [-0.2, -0.15) is 5.10 Å². The van der Waals surface area contributed by atoms with Crippen LogP contribution in [0.4, 0.5) is 0 Å². The third kappa shape index (κ3) is 3.88. The van der Waals surface area contributed by atoms with E-state index in [-0.39, 0.29) is 21.9 Å². The number of benzene rings is 2. The predicted octanol–water partition coefficient (Wildman–Crippen LogP) is 4.15. The first kappa shape index (κ1) is 17.0. The number of hydrogen-bond acceptors (Lipinski definition) is 4. The Labute approximate surface area is 151 Å². The number of amides is 1. The molecule has 1 amide bonds. The average molecular weight is 493 g/mol. The molecule has 0 fully saturated rings. The fraction of sp³-hybridized carbons (Fsp3) is 0. The lowest BCUT2D eigenvalue weighted by atomic mass is 10.2. The Hall–Kier alpha value is -1.38. The number of nitrogens with one attached hydrogen (secondary N) is 1. The van der Waals surface area contributed by atoms with Crippen LogP contribution in [0.3, 0.4) is 0 Å². The number of carbonyl (C=O) groups is 1. The van der Waals surface area contributed by atoms with Crippen molar-refractivity contribution in [3.8, 4) is 11.5 Å². The van der Waals surface area contributed by atoms with E-state index in [1.165, 1.54) is 12.3 Å². The number of phenols is 2. The smallest absolute Gasteiger partial charge is 0.271 e. The second kappa shape index (κ2) is 7.26. The van der Waals surface area contributed by atoms with Gasteiger partial charge in [-0.25, -0.2) is 5.43 Å². The van der Waals surface area contributed by atoms with Gasteiger partial charge in [-0.05, 0) is 62.2 Å². The van der Waals surface area contributed by atoms with E-state index in [1.807, 2.05) is 0 Å². The zero-order chi connectivity index (χ0) is 16.3. The van der Waals surface area contributed by atoms with Gasteiger partial charge in [-0.3, -0.25) is 4.79 Å². The van der Waals surface area contributed by atoms with Crippen molar-refractivity contribution in [3.63, 3.8) is 0 Å². The summed E-state index contributed by atoms with van der Waals surface area (Å²) in [6.45, 7) is 0. The SMILES string of the molecule is O=C(N/N=C/c1cc(Br)c(O)c(Br)c1O)c1ccc(Br)cc1. The van der Waals surface area contributed by atoms with Crippen molar-refractivity contribution in [1.82, 2.24) is 5.43 Å². The molecule has 8 heteroatoms. The number of carbonyl (C=O) groups excluding carboxylic acids is 1. The van der Waals surface area contributed by atoms with Gasteiger partial charge >= 0.3 is 0 Å². The number of nitrogens with zero attached hydrogens (tertiary/aromatic N) is 1. The van der Waals surface area contributed by atoms with Crippen LogP contribution in [0.15, 0.2) is 48.9 Å². The van der Waals surface area contributed by atoms with E-state index >= 15 is 0 Å². The Morgan fingerprint density at radius 3 is 2.36 bits per heavy atom. The molecule has 0 bridgehead atoms. The monoisotopic (exact) mass is 490 g/mol. The summed E-state index contributed by atoms with van der Waals surface area (Å²) in [7, 11) is 0. The summed E-state index contributed by atoms with van der Waals surface area (Å²) < 4.78 is 1.40. The molecule has 0 heterocycles. The van der Waals surface area contributed by atoms with Gasteiger partial charge in [0.2, 0.25) is 0 Å². The Morgan fingerprint density at radius 2 is 1.73 bits per heavy atom. The fourth-order valence-corrected chi connectivity index (χ4v) is 2.96. The van der Waals surface area contributed by atoms with Gasteiger partial charge in [0.1, 0.15) is 16.0 Å². The van der Waals surface area contributed by atoms with E-state index in [2.05, 4.69) is 58.3 Å². The molecular weight excluding hydrogens is 484 g/mol. The van der Waals surface area contributed by atoms with Crippen LogP contribution >= 0.6 is 47.8 Å². The molecule has 2 rings (SSSR count). The van der Waals surface area contributed by atoms with Crippen molar-refractivity contribution in [2.45, 2.75) is 0 Å². The molecule has 0 aliphatic rings. The van der Waals surface area contributed by atoms with Gasteiger partial charge in [0.25, 0.3) is 5.91 Å². The largest absolute Gasteiger partial charge is 0.506 e. The maximum atomic E-state index is 11.9. The van der Waals surface area contributed by atoms with E-state index in [0.717, 1.165) is 4.47 Å². The molecule has 0 atom stereocenters. The zero-order valence-corrected chi connectivity index (χ0v) is 15.6. The minimum Gasteiger partial charge on any atom is -0.506 e. The van der Waals surface area contributed by atoms with Gasteiger partial charge in [0, 0.05) is 15.6 Å². The summed E-state index contributed by atoms with van der Waals surface area (Å²) in [5.41, 5.74) is 3.14. The van der Waals surface area contributed by atoms with E-state index in [9.17, 15) is 15.0 Å². The standard InChI is InChI=1S/C14H9Br3N2O3/c15-9-3-1-7(2-4-9)14(22)19-18-6-8-5-10(16)13(21)11(17)12(8)20/h1-6,20-21H,(H,19,22)/b18-6+. The molecular formula is C14H9Br3N2O3. The van der Waals surface area contributed by atoms with Crippen molar-refractivity contribution in [2.75, 3.05) is 0 Å². The van der Waals surface area contributed by atoms with E-state index in [4.69, 9.17) is 0 Å². The number of rotatable bonds is 3. The molecule has 5 nitrogen and oxygen atoms in total. The molecule has 0 radical (unpaired) electrons. The molecule has 2 aromatic rings. The van der Waals surface area contributed by atoms with E-state index in [0.29, 0.717) is 15.6 Å². The van der Waals surface area contributed by atoms with Crippen LogP contribution in [0.25, 0.3) is 0 Å². The van der Waals surface area contributed by atoms with Crippen LogP contribution in [-0.2, 0) is 0 Å². The van der Waals surface area contributed by atoms with Crippen LogP contribution in [0, 0.1) is 0 Å². The number of hydrazone groups is 1. The summed E-state index contributed by atoms with van der Waals surface area (Å²) >= 11 is 9.50. The van der Waals surface area contributed by atoms with Crippen LogP contribution in [0.5, 0.6) is 11.5 Å². The highest BCUT2D eigenvalue weighted by Gasteiger charge is 2.12. The highest BCUT2D eigenvalue weighted by atomic mass is 79.9. The van der Waals surface area contributed by atoms with Crippen molar-refractivity contribution in [2.24, 2.45) is 5.10 Å². The number of halogens is 3. The number of aromatic hydroxyl groups is 2. The lowest BCUT2D eigenvalue weighted by Gasteiger charge is -2.06. The highest BCUT2D eigenvalue weighted by Crippen LogP contribution is 2.40. The van der Waals surface area contributed by atoms with Crippen molar-refractivity contribution in [1.29, 1.82) is 0 Å². The van der Waals surface area contributed by atoms with Crippen molar-refractivity contribution in [3.05, 3.63) is 54.9 Å². The average Bonchev–Trinajstić information content (AvgIpc) is 2.50. The van der Waals surface area contributed by atoms with Crippen molar-refractivity contribution >= 4 is 59.9 Å². The van der Waals surface area contributed by atoms with Gasteiger partial charge in [0.05, 0.1) is 10.7 Å². The molecule has 3 N–H and O–H groups in total. The first-order valence-electron chi connectivity index (χ1n) is 5.89. The summed E-state index contributed by atoms with van der Waals surface area (Å²) in [5, 5.41) is 23.3. The Balaban J connectivity index is 2.13. The van der Waals surface area contributed by atoms with E-state index < -0.39 is 0 Å². The lowest BCUT2D eigenvalue weighted by molar-refractivity contribution is 0.0955. The van der Waals surface area contributed by atoms with Gasteiger partial charge < -0.3 is 10.2 Å². The lowest BCUT2D eigenvalue weighted by Crippen LogP contribution is -2.17. The predicted molar refractivity (Wildman–Crippen MR) is 94.4 cm³/mol. The molecule has 2 aromatic carbocycles. The molecule has 0 aliphatic carbocycles. The third-order valence-corrected chi connectivity index (χ3v) is 4.56. The molecule has 0 aromatic heterocycles. The minimum absolute atomic E-state index is 0.117. The van der Waals surface area contributed by atoms with Gasteiger partial charge in [-0.1, -0.05) is 15.9 Å². The van der Waals surface area contributed by atoms with Gasteiger partial charge in [0.15, 0.2) is 0 Å². The summed E-state index contributed by atoms with van der Waals surface area (Å²) in [5.74, 6) is -0.670. The second-order valence-electron chi connectivity index (χ2n) is 4.16. The molecule has 22 heavy (non-hydrogen) atoms. The number of phenolic OH excluding ortho intramolecular Hbond substituents is 2. The minimum atomic E-state index is -0.375. The summed E-state index contributed by atoms with van der Waals surface area (Å²) in [6, 6.07) is 8.28. The third-order valence-electron chi connectivity index (χ3n) is 2.67. The first-order chi connectivity index (χ1) is 10.4. The Bertz CT molecular complexity index is 746. The molecule has 0 aliphatic heterocycles. The first-order valence-corrected chi connectivity index (χ1v) is 8.27. The van der Waals surface area contributed by atoms with E-state index in [1.54, 1.807) is 24.3 Å². The Morgan fingerprint density at radius 1 is 1.09 bits per heavy atom. The fourth-order valence-electron chi connectivity index (χ4n) is 1.54. The number of hydrogen-bond donors (Lipinski definition) is 3. The molecule has 114 valence electrons. The Kier molecular flexibility index (Phi) is 5.60. The maximum absolute atomic E-state index is 11.9. The normalized spacial score (nSPS) is 10.9. The molecule has 0 spiro atoms. The summed E-state index contributed by atoms with van der Waals surface area (Å²) in [6.07, 6.45) is 1.28. The van der Waals surface area contributed by atoms with Crippen LogP contribution in [-0.4, -0.2) is 22.3 Å². The molecule has 0 saturated carbocycles. The van der Waals surface area contributed by atoms with Crippen LogP contribution < -0.4 is 5.43 Å².